The van der Waals surface area contributed by atoms with Crippen LogP contribution in [0.4, 0.5) is 0 Å². The summed E-state index contributed by atoms with van der Waals surface area (Å²) in [4.78, 5) is 23.3. The third-order valence-electron chi connectivity index (χ3n) is 4.96. The van der Waals surface area contributed by atoms with E-state index in [9.17, 15) is 4.79 Å². The van der Waals surface area contributed by atoms with Gasteiger partial charge >= 0.3 is 0 Å². The van der Waals surface area contributed by atoms with Crippen molar-refractivity contribution < 1.29 is 9.21 Å². The Bertz CT molecular complexity index is 884. The average Bonchev–Trinajstić information content (AvgIpc) is 3.31. The monoisotopic (exact) mass is 350 g/mol. The molecule has 1 atom stereocenters. The Hall–Kier alpha value is -2.89. The zero-order chi connectivity index (χ0) is 17.9. The van der Waals surface area contributed by atoms with Gasteiger partial charge in [-0.25, -0.2) is 9.97 Å². The summed E-state index contributed by atoms with van der Waals surface area (Å²) in [5.74, 6) is 1.80. The Labute approximate surface area is 152 Å². The Morgan fingerprint density at radius 3 is 2.88 bits per heavy atom. The maximum absolute atomic E-state index is 12.7. The first-order chi connectivity index (χ1) is 12.7. The normalized spacial score (nSPS) is 17.4. The van der Waals surface area contributed by atoms with E-state index in [4.69, 9.17) is 4.42 Å². The minimum atomic E-state index is -0.0536. The largest absolute Gasteiger partial charge is 0.448 e. The fraction of sp³-hybridized carbons (Fsp3) is 0.350. The number of carbonyl (C=O) groups excluding carboxylic acids is 1. The highest BCUT2D eigenvalue weighted by molar-refractivity contribution is 5.93. The number of rotatable bonds is 4. The molecule has 26 heavy (non-hydrogen) atoms. The number of amides is 1. The molecule has 1 aliphatic rings. The molecule has 6 heteroatoms. The van der Waals surface area contributed by atoms with Crippen LogP contribution in [0.5, 0.6) is 0 Å². The van der Waals surface area contributed by atoms with Gasteiger partial charge in [0.05, 0.1) is 0 Å². The summed E-state index contributed by atoms with van der Waals surface area (Å²) < 4.78 is 7.38. The molecule has 0 N–H and O–H groups in total. The van der Waals surface area contributed by atoms with Crippen LogP contribution in [0.1, 0.15) is 46.4 Å². The number of imidazole rings is 1. The molecule has 1 amide bonds. The molecule has 1 saturated heterocycles. The molecule has 0 spiro atoms. The van der Waals surface area contributed by atoms with Crippen molar-refractivity contribution in [3.05, 3.63) is 72.0 Å². The highest BCUT2D eigenvalue weighted by atomic mass is 16.3. The molecule has 0 bridgehead atoms. The van der Waals surface area contributed by atoms with Gasteiger partial charge < -0.3 is 13.9 Å². The summed E-state index contributed by atoms with van der Waals surface area (Å²) >= 11 is 0. The van der Waals surface area contributed by atoms with Gasteiger partial charge in [0.15, 0.2) is 12.1 Å². The second-order valence-electron chi connectivity index (χ2n) is 6.75. The van der Waals surface area contributed by atoms with Crippen molar-refractivity contribution in [1.29, 1.82) is 0 Å². The van der Waals surface area contributed by atoms with E-state index in [1.165, 1.54) is 12.0 Å². The lowest BCUT2D eigenvalue weighted by atomic mass is 9.96. The molecule has 1 aromatic carbocycles. The van der Waals surface area contributed by atoms with Crippen molar-refractivity contribution in [2.24, 2.45) is 0 Å². The van der Waals surface area contributed by atoms with E-state index in [1.54, 1.807) is 6.92 Å². The number of hydrogen-bond acceptors (Lipinski definition) is 4. The van der Waals surface area contributed by atoms with Gasteiger partial charge in [-0.05, 0) is 25.3 Å². The van der Waals surface area contributed by atoms with Crippen molar-refractivity contribution in [2.45, 2.75) is 32.2 Å². The number of carbonyl (C=O) groups is 1. The Morgan fingerprint density at radius 1 is 1.27 bits per heavy atom. The topological polar surface area (TPSA) is 64.2 Å². The maximum atomic E-state index is 12.7. The first-order valence-corrected chi connectivity index (χ1v) is 8.96. The lowest BCUT2D eigenvalue weighted by Gasteiger charge is -2.32. The van der Waals surface area contributed by atoms with Gasteiger partial charge in [0.2, 0.25) is 0 Å². The van der Waals surface area contributed by atoms with E-state index in [0.717, 1.165) is 31.8 Å². The predicted molar refractivity (Wildman–Crippen MR) is 96.9 cm³/mol. The molecule has 2 aromatic heterocycles. The van der Waals surface area contributed by atoms with E-state index in [-0.39, 0.29) is 11.8 Å². The number of nitrogens with zero attached hydrogens (tertiary/aromatic N) is 4. The fourth-order valence-corrected chi connectivity index (χ4v) is 3.63. The Balaban J connectivity index is 1.51. The van der Waals surface area contributed by atoms with Gasteiger partial charge in [-0.3, -0.25) is 4.79 Å². The Kier molecular flexibility index (Phi) is 4.56. The first-order valence-electron chi connectivity index (χ1n) is 8.96. The van der Waals surface area contributed by atoms with Gasteiger partial charge in [-0.2, -0.15) is 0 Å². The van der Waals surface area contributed by atoms with Crippen LogP contribution in [-0.2, 0) is 6.54 Å². The van der Waals surface area contributed by atoms with E-state index in [0.29, 0.717) is 18.0 Å². The highest BCUT2D eigenvalue weighted by Gasteiger charge is 2.29. The summed E-state index contributed by atoms with van der Waals surface area (Å²) in [6.07, 6.45) is 7.20. The smallest absolute Gasteiger partial charge is 0.276 e. The average molecular weight is 350 g/mol. The lowest BCUT2D eigenvalue weighted by molar-refractivity contribution is 0.0696. The number of benzene rings is 1. The lowest BCUT2D eigenvalue weighted by Crippen LogP contribution is -2.40. The number of aromatic nitrogens is 3. The van der Waals surface area contributed by atoms with E-state index < -0.39 is 0 Å². The summed E-state index contributed by atoms with van der Waals surface area (Å²) in [6.45, 7) is 3.98. The molecule has 4 rings (SSSR count). The van der Waals surface area contributed by atoms with Crippen molar-refractivity contribution in [3.8, 4) is 0 Å². The zero-order valence-corrected chi connectivity index (χ0v) is 14.8. The highest BCUT2D eigenvalue weighted by Crippen LogP contribution is 2.27. The molecule has 3 heterocycles. The second-order valence-corrected chi connectivity index (χ2v) is 6.75. The number of piperidine rings is 1. The van der Waals surface area contributed by atoms with Gasteiger partial charge in [-0.15, -0.1) is 0 Å². The molecule has 134 valence electrons. The standard InChI is InChI=1S/C20H22N4O2/c1-15-18(22-14-26-15)20(25)24-10-5-8-17(13-24)19-21-9-11-23(19)12-16-6-3-2-4-7-16/h2-4,6-7,9,11,14,17H,5,8,10,12-13H2,1H3. The quantitative estimate of drug-likeness (QED) is 0.724. The van der Waals surface area contributed by atoms with E-state index in [1.807, 2.05) is 35.5 Å². The van der Waals surface area contributed by atoms with Crippen LogP contribution < -0.4 is 0 Å². The fourth-order valence-electron chi connectivity index (χ4n) is 3.63. The second kappa shape index (κ2) is 7.15. The minimum Gasteiger partial charge on any atom is -0.448 e. The van der Waals surface area contributed by atoms with Crippen LogP contribution in [0.25, 0.3) is 0 Å². The summed E-state index contributed by atoms with van der Waals surface area (Å²) in [7, 11) is 0. The molecule has 6 nitrogen and oxygen atoms in total. The number of oxazole rings is 1. The summed E-state index contributed by atoms with van der Waals surface area (Å²) in [6, 6.07) is 10.4. The van der Waals surface area contributed by atoms with Gasteiger partial charge in [0, 0.05) is 37.9 Å². The number of likely N-dealkylation sites (tertiary alicyclic amines) is 1. The first kappa shape index (κ1) is 16.6. The molecule has 3 aromatic rings. The number of hydrogen-bond donors (Lipinski definition) is 0. The predicted octanol–water partition coefficient (Wildman–Crippen LogP) is 3.25. The van der Waals surface area contributed by atoms with Crippen molar-refractivity contribution in [1.82, 2.24) is 19.4 Å². The molecule has 0 radical (unpaired) electrons. The van der Waals surface area contributed by atoms with Crippen LogP contribution in [0.2, 0.25) is 0 Å². The molecule has 1 unspecified atom stereocenters. The molecule has 0 saturated carbocycles. The van der Waals surface area contributed by atoms with Crippen LogP contribution >= 0.6 is 0 Å². The third kappa shape index (κ3) is 3.27. The number of aryl methyl sites for hydroxylation is 1. The van der Waals surface area contributed by atoms with Gasteiger partial charge in [0.1, 0.15) is 11.6 Å². The van der Waals surface area contributed by atoms with Crippen molar-refractivity contribution in [3.63, 3.8) is 0 Å². The Morgan fingerprint density at radius 2 is 2.12 bits per heavy atom. The third-order valence-corrected chi connectivity index (χ3v) is 4.96. The van der Waals surface area contributed by atoms with Crippen molar-refractivity contribution in [2.75, 3.05) is 13.1 Å². The van der Waals surface area contributed by atoms with Crippen LogP contribution in [0, 0.1) is 6.92 Å². The van der Waals surface area contributed by atoms with E-state index >= 15 is 0 Å². The van der Waals surface area contributed by atoms with Crippen molar-refractivity contribution >= 4 is 5.91 Å². The summed E-state index contributed by atoms with van der Waals surface area (Å²) in [5.41, 5.74) is 1.66. The molecule has 1 fully saturated rings. The molecule has 1 aliphatic heterocycles. The van der Waals surface area contributed by atoms with Crippen LogP contribution in [0.3, 0.4) is 0 Å². The minimum absolute atomic E-state index is 0.0536. The molecular formula is C20H22N4O2. The van der Waals surface area contributed by atoms with Crippen LogP contribution in [-0.4, -0.2) is 38.4 Å². The maximum Gasteiger partial charge on any atom is 0.276 e. The zero-order valence-electron chi connectivity index (χ0n) is 14.8. The van der Waals surface area contributed by atoms with E-state index in [2.05, 4.69) is 26.7 Å². The van der Waals surface area contributed by atoms with Gasteiger partial charge in [-0.1, -0.05) is 30.3 Å². The molecule has 0 aliphatic carbocycles. The summed E-state index contributed by atoms with van der Waals surface area (Å²) in [5, 5.41) is 0. The van der Waals surface area contributed by atoms with Crippen LogP contribution in [0.15, 0.2) is 53.5 Å². The SMILES string of the molecule is Cc1ocnc1C(=O)N1CCCC(c2nccn2Cc2ccccc2)C1. The van der Waals surface area contributed by atoms with Gasteiger partial charge in [0.25, 0.3) is 5.91 Å². The molecular weight excluding hydrogens is 328 g/mol.